The Hall–Kier alpha value is -0.420. The number of hydrogen-bond acceptors (Lipinski definition) is 4. The first kappa shape index (κ1) is 12.0. The van der Waals surface area contributed by atoms with Crippen molar-refractivity contribution < 1.29 is 0 Å². The van der Waals surface area contributed by atoms with Gasteiger partial charge in [-0.1, -0.05) is 6.07 Å². The molecule has 3 nitrogen and oxygen atoms in total. The summed E-state index contributed by atoms with van der Waals surface area (Å²) in [5.74, 6) is 0. The van der Waals surface area contributed by atoms with Gasteiger partial charge in [0.15, 0.2) is 0 Å². The van der Waals surface area contributed by atoms with Crippen LogP contribution in [0.3, 0.4) is 0 Å². The van der Waals surface area contributed by atoms with Crippen LogP contribution in [0.2, 0.25) is 0 Å². The second-order valence-corrected chi connectivity index (χ2v) is 5.55. The fourth-order valence-electron chi connectivity index (χ4n) is 2.27. The first-order chi connectivity index (χ1) is 7.79. The quantitative estimate of drug-likeness (QED) is 0.846. The van der Waals surface area contributed by atoms with Crippen LogP contribution in [-0.4, -0.2) is 55.6 Å². The first-order valence-electron chi connectivity index (χ1n) is 5.94. The van der Waals surface area contributed by atoms with Gasteiger partial charge >= 0.3 is 0 Å². The van der Waals surface area contributed by atoms with Crippen molar-refractivity contribution in [3.05, 3.63) is 22.4 Å². The van der Waals surface area contributed by atoms with Crippen molar-refractivity contribution in [1.29, 1.82) is 0 Å². The van der Waals surface area contributed by atoms with Gasteiger partial charge in [0.2, 0.25) is 0 Å². The molecule has 0 amide bonds. The van der Waals surface area contributed by atoms with Gasteiger partial charge in [0.1, 0.15) is 0 Å². The molecule has 2 rings (SSSR count). The zero-order valence-corrected chi connectivity index (χ0v) is 10.7. The molecule has 16 heavy (non-hydrogen) atoms. The SMILES string of the molecule is CN1CCN(CCc2cccs2)C(CN)C1. The Morgan fingerprint density at radius 3 is 3.06 bits per heavy atom. The normalized spacial score (nSPS) is 23.8. The molecular weight excluding hydrogens is 218 g/mol. The highest BCUT2D eigenvalue weighted by Crippen LogP contribution is 2.12. The fraction of sp³-hybridized carbons (Fsp3) is 0.667. The Balaban J connectivity index is 1.83. The summed E-state index contributed by atoms with van der Waals surface area (Å²) in [6.07, 6.45) is 1.16. The number of nitrogens with zero attached hydrogens (tertiary/aromatic N) is 2. The minimum absolute atomic E-state index is 0.540. The largest absolute Gasteiger partial charge is 0.329 e. The van der Waals surface area contributed by atoms with Gasteiger partial charge in [-0.15, -0.1) is 11.3 Å². The lowest BCUT2D eigenvalue weighted by molar-refractivity contribution is 0.0957. The van der Waals surface area contributed by atoms with E-state index in [-0.39, 0.29) is 0 Å². The summed E-state index contributed by atoms with van der Waals surface area (Å²) < 4.78 is 0. The van der Waals surface area contributed by atoms with E-state index >= 15 is 0 Å². The van der Waals surface area contributed by atoms with E-state index in [2.05, 4.69) is 34.4 Å². The molecule has 0 aliphatic carbocycles. The second kappa shape index (κ2) is 5.77. The molecule has 2 heterocycles. The van der Waals surface area contributed by atoms with Gasteiger partial charge < -0.3 is 10.6 Å². The van der Waals surface area contributed by atoms with E-state index in [0.717, 1.165) is 32.6 Å². The average molecular weight is 239 g/mol. The highest BCUT2D eigenvalue weighted by molar-refractivity contribution is 7.09. The summed E-state index contributed by atoms with van der Waals surface area (Å²) in [4.78, 5) is 6.40. The van der Waals surface area contributed by atoms with E-state index in [0.29, 0.717) is 6.04 Å². The van der Waals surface area contributed by atoms with Crippen LogP contribution in [-0.2, 0) is 6.42 Å². The highest BCUT2D eigenvalue weighted by Gasteiger charge is 2.23. The van der Waals surface area contributed by atoms with Crippen molar-refractivity contribution in [2.75, 3.05) is 39.8 Å². The van der Waals surface area contributed by atoms with Crippen molar-refractivity contribution in [3.8, 4) is 0 Å². The standard InChI is InChI=1S/C12H21N3S/c1-14-6-7-15(11(9-13)10-14)5-4-12-3-2-8-16-12/h2-3,8,11H,4-7,9-10,13H2,1H3. The second-order valence-electron chi connectivity index (χ2n) is 4.52. The van der Waals surface area contributed by atoms with Crippen LogP contribution in [0.15, 0.2) is 17.5 Å². The molecule has 1 aliphatic rings. The van der Waals surface area contributed by atoms with Gasteiger partial charge in [-0.25, -0.2) is 0 Å². The van der Waals surface area contributed by atoms with E-state index in [1.165, 1.54) is 11.4 Å². The molecule has 0 bridgehead atoms. The van der Waals surface area contributed by atoms with Gasteiger partial charge in [0.25, 0.3) is 0 Å². The molecule has 0 aromatic carbocycles. The smallest absolute Gasteiger partial charge is 0.0346 e. The van der Waals surface area contributed by atoms with Crippen molar-refractivity contribution in [1.82, 2.24) is 9.80 Å². The summed E-state index contributed by atoms with van der Waals surface area (Å²) in [5, 5.41) is 2.15. The van der Waals surface area contributed by atoms with Crippen molar-refractivity contribution in [2.24, 2.45) is 5.73 Å². The molecule has 1 atom stereocenters. The molecule has 0 saturated carbocycles. The Morgan fingerprint density at radius 1 is 1.50 bits per heavy atom. The molecule has 0 spiro atoms. The maximum Gasteiger partial charge on any atom is 0.0346 e. The summed E-state index contributed by atoms with van der Waals surface area (Å²) in [6, 6.07) is 4.89. The number of likely N-dealkylation sites (N-methyl/N-ethyl adjacent to an activating group) is 1. The summed E-state index contributed by atoms with van der Waals surface area (Å²) >= 11 is 1.85. The average Bonchev–Trinajstić information content (AvgIpc) is 2.80. The summed E-state index contributed by atoms with van der Waals surface area (Å²) in [5.41, 5.74) is 5.84. The third-order valence-electron chi connectivity index (χ3n) is 3.31. The lowest BCUT2D eigenvalue weighted by Gasteiger charge is -2.39. The lowest BCUT2D eigenvalue weighted by atomic mass is 10.1. The van der Waals surface area contributed by atoms with Crippen molar-refractivity contribution >= 4 is 11.3 Å². The third kappa shape index (κ3) is 3.04. The highest BCUT2D eigenvalue weighted by atomic mass is 32.1. The van der Waals surface area contributed by atoms with Gasteiger partial charge in [-0.2, -0.15) is 0 Å². The Labute approximate surface area is 102 Å². The van der Waals surface area contributed by atoms with Crippen LogP contribution in [0.5, 0.6) is 0 Å². The number of piperazine rings is 1. The first-order valence-corrected chi connectivity index (χ1v) is 6.82. The molecular formula is C12H21N3S. The topological polar surface area (TPSA) is 32.5 Å². The lowest BCUT2D eigenvalue weighted by Crippen LogP contribution is -2.55. The minimum atomic E-state index is 0.540. The van der Waals surface area contributed by atoms with Crippen molar-refractivity contribution in [3.63, 3.8) is 0 Å². The van der Waals surface area contributed by atoms with Gasteiger partial charge in [-0.05, 0) is 24.9 Å². The fourth-order valence-corrected chi connectivity index (χ4v) is 2.97. The van der Waals surface area contributed by atoms with Gasteiger partial charge in [0.05, 0.1) is 0 Å². The molecule has 1 aromatic rings. The summed E-state index contributed by atoms with van der Waals surface area (Å²) in [6.45, 7) is 5.36. The monoisotopic (exact) mass is 239 g/mol. The minimum Gasteiger partial charge on any atom is -0.329 e. The van der Waals surface area contributed by atoms with Crippen LogP contribution >= 0.6 is 11.3 Å². The molecule has 1 aliphatic heterocycles. The van der Waals surface area contributed by atoms with E-state index < -0.39 is 0 Å². The Bertz CT molecular complexity index is 299. The predicted octanol–water partition coefficient (Wildman–Crippen LogP) is 0.865. The molecule has 1 saturated heterocycles. The van der Waals surface area contributed by atoms with Crippen LogP contribution in [0.1, 0.15) is 4.88 Å². The molecule has 90 valence electrons. The maximum absolute atomic E-state index is 5.84. The third-order valence-corrected chi connectivity index (χ3v) is 4.24. The Kier molecular flexibility index (Phi) is 4.35. The van der Waals surface area contributed by atoms with Crippen molar-refractivity contribution in [2.45, 2.75) is 12.5 Å². The molecule has 4 heteroatoms. The molecule has 0 radical (unpaired) electrons. The maximum atomic E-state index is 5.84. The number of nitrogens with two attached hydrogens (primary N) is 1. The van der Waals surface area contributed by atoms with E-state index in [9.17, 15) is 0 Å². The van der Waals surface area contributed by atoms with E-state index in [4.69, 9.17) is 5.73 Å². The van der Waals surface area contributed by atoms with Gasteiger partial charge in [0, 0.05) is 43.6 Å². The summed E-state index contributed by atoms with van der Waals surface area (Å²) in [7, 11) is 2.18. The van der Waals surface area contributed by atoms with Crippen LogP contribution < -0.4 is 5.73 Å². The zero-order valence-electron chi connectivity index (χ0n) is 9.93. The molecule has 1 aromatic heterocycles. The number of thiophene rings is 1. The van der Waals surface area contributed by atoms with E-state index in [1.54, 1.807) is 0 Å². The van der Waals surface area contributed by atoms with Crippen LogP contribution in [0, 0.1) is 0 Å². The Morgan fingerprint density at radius 2 is 2.38 bits per heavy atom. The molecule has 1 unspecified atom stereocenters. The number of hydrogen-bond donors (Lipinski definition) is 1. The molecule has 2 N–H and O–H groups in total. The van der Waals surface area contributed by atoms with Crippen LogP contribution in [0.4, 0.5) is 0 Å². The van der Waals surface area contributed by atoms with Gasteiger partial charge in [-0.3, -0.25) is 4.90 Å². The predicted molar refractivity (Wildman–Crippen MR) is 69.9 cm³/mol. The number of rotatable bonds is 4. The zero-order chi connectivity index (χ0) is 11.4. The van der Waals surface area contributed by atoms with E-state index in [1.807, 2.05) is 11.3 Å². The van der Waals surface area contributed by atoms with Crippen LogP contribution in [0.25, 0.3) is 0 Å². The molecule has 1 fully saturated rings.